The Hall–Kier alpha value is -1.36. The van der Waals surface area contributed by atoms with Crippen LogP contribution in [0.3, 0.4) is 0 Å². The zero-order valence-corrected chi connectivity index (χ0v) is 12.3. The molecule has 0 unspecified atom stereocenters. The lowest BCUT2D eigenvalue weighted by Crippen LogP contribution is -2.40. The van der Waals surface area contributed by atoms with Gasteiger partial charge in [-0.3, -0.25) is 4.79 Å². The lowest BCUT2D eigenvalue weighted by atomic mass is 9.96. The summed E-state index contributed by atoms with van der Waals surface area (Å²) in [6, 6.07) is 0. The minimum Gasteiger partial charge on any atom is -0.359 e. The van der Waals surface area contributed by atoms with Crippen molar-refractivity contribution in [3.63, 3.8) is 0 Å². The molecule has 0 saturated carbocycles. The Balaban J connectivity index is 2.10. The van der Waals surface area contributed by atoms with Gasteiger partial charge in [-0.2, -0.15) is 0 Å². The van der Waals surface area contributed by atoms with Gasteiger partial charge in [0.1, 0.15) is 0 Å². The highest BCUT2D eigenvalue weighted by Crippen LogP contribution is 2.27. The van der Waals surface area contributed by atoms with Crippen molar-refractivity contribution >= 4 is 23.3 Å². The van der Waals surface area contributed by atoms with Gasteiger partial charge in [0.15, 0.2) is 11.0 Å². The number of carbonyl (C=O) groups is 1. The maximum absolute atomic E-state index is 11.6. The maximum atomic E-state index is 11.6. The molecule has 0 aliphatic carbocycles. The number of amides is 1. The van der Waals surface area contributed by atoms with E-state index < -0.39 is 0 Å². The van der Waals surface area contributed by atoms with Gasteiger partial charge >= 0.3 is 0 Å². The highest BCUT2D eigenvalue weighted by molar-refractivity contribution is 6.31. The first-order valence-corrected chi connectivity index (χ1v) is 6.88. The van der Waals surface area contributed by atoms with Crippen LogP contribution in [0.4, 0.5) is 5.82 Å². The fourth-order valence-electron chi connectivity index (χ4n) is 2.32. The second-order valence-electron chi connectivity index (χ2n) is 4.88. The molecule has 0 bridgehead atoms. The van der Waals surface area contributed by atoms with Crippen molar-refractivity contribution in [2.24, 2.45) is 5.92 Å². The minimum atomic E-state index is 0.0968. The Morgan fingerprint density at radius 3 is 2.42 bits per heavy atom. The fourth-order valence-corrected chi connectivity index (χ4v) is 2.61. The predicted octanol–water partition coefficient (Wildman–Crippen LogP) is 1.71. The molecule has 1 saturated heterocycles. The molecular formula is C13H19ClN4O. The predicted molar refractivity (Wildman–Crippen MR) is 75.5 cm³/mol. The van der Waals surface area contributed by atoms with Crippen LogP contribution in [0.2, 0.25) is 5.15 Å². The number of hydrogen-bond acceptors (Lipinski definition) is 4. The summed E-state index contributed by atoms with van der Waals surface area (Å²) in [5, 5.41) is 3.15. The molecule has 1 aliphatic heterocycles. The molecule has 1 aliphatic rings. The van der Waals surface area contributed by atoms with E-state index in [9.17, 15) is 4.79 Å². The van der Waals surface area contributed by atoms with Gasteiger partial charge in [-0.25, -0.2) is 9.97 Å². The molecule has 104 valence electrons. The normalized spacial score (nSPS) is 16.5. The van der Waals surface area contributed by atoms with Gasteiger partial charge in [0.25, 0.3) is 0 Å². The molecule has 1 amide bonds. The zero-order chi connectivity index (χ0) is 14.0. The van der Waals surface area contributed by atoms with Crippen LogP contribution in [0.5, 0.6) is 0 Å². The van der Waals surface area contributed by atoms with Gasteiger partial charge in [0.05, 0.1) is 11.4 Å². The number of carbonyl (C=O) groups excluding carboxylic acids is 1. The fraction of sp³-hybridized carbons (Fsp3) is 0.615. The van der Waals surface area contributed by atoms with Crippen molar-refractivity contribution < 1.29 is 4.79 Å². The van der Waals surface area contributed by atoms with E-state index in [-0.39, 0.29) is 11.8 Å². The third-order valence-corrected chi connectivity index (χ3v) is 3.91. The molecular weight excluding hydrogens is 264 g/mol. The van der Waals surface area contributed by atoms with Crippen LogP contribution < -0.4 is 10.2 Å². The number of nitrogens with zero attached hydrogens (tertiary/aromatic N) is 3. The van der Waals surface area contributed by atoms with Crippen LogP contribution in [0.1, 0.15) is 24.2 Å². The summed E-state index contributed by atoms with van der Waals surface area (Å²) in [4.78, 5) is 22.5. The lowest BCUT2D eigenvalue weighted by molar-refractivity contribution is -0.125. The van der Waals surface area contributed by atoms with Gasteiger partial charge < -0.3 is 10.2 Å². The molecule has 5 nitrogen and oxygen atoms in total. The highest BCUT2D eigenvalue weighted by atomic mass is 35.5. The third kappa shape index (κ3) is 2.97. The molecule has 0 atom stereocenters. The SMILES string of the molecule is CNC(=O)C1CCN(c2nc(C)c(C)nc2Cl)CC1. The van der Waals surface area contributed by atoms with Crippen molar-refractivity contribution in [2.45, 2.75) is 26.7 Å². The van der Waals surface area contributed by atoms with E-state index in [1.807, 2.05) is 13.8 Å². The number of hydrogen-bond donors (Lipinski definition) is 1. The average Bonchev–Trinajstić information content (AvgIpc) is 2.42. The molecule has 1 aromatic heterocycles. The smallest absolute Gasteiger partial charge is 0.222 e. The summed E-state index contributed by atoms with van der Waals surface area (Å²) in [6.07, 6.45) is 1.65. The van der Waals surface area contributed by atoms with Gasteiger partial charge in [-0.05, 0) is 26.7 Å². The highest BCUT2D eigenvalue weighted by Gasteiger charge is 2.26. The van der Waals surface area contributed by atoms with Crippen molar-refractivity contribution in [2.75, 3.05) is 25.0 Å². The van der Waals surface area contributed by atoms with Crippen molar-refractivity contribution in [3.05, 3.63) is 16.5 Å². The van der Waals surface area contributed by atoms with E-state index in [2.05, 4.69) is 20.2 Å². The number of nitrogens with one attached hydrogen (secondary N) is 1. The van der Waals surface area contributed by atoms with Crippen molar-refractivity contribution in [1.82, 2.24) is 15.3 Å². The second kappa shape index (κ2) is 5.74. The Labute approximate surface area is 118 Å². The van der Waals surface area contributed by atoms with Crippen LogP contribution in [0, 0.1) is 19.8 Å². The number of rotatable bonds is 2. The molecule has 1 aromatic rings. The monoisotopic (exact) mass is 282 g/mol. The summed E-state index contributed by atoms with van der Waals surface area (Å²) in [5.74, 6) is 0.955. The number of halogens is 1. The first-order chi connectivity index (χ1) is 9.02. The summed E-state index contributed by atoms with van der Waals surface area (Å²) in [7, 11) is 1.68. The zero-order valence-electron chi connectivity index (χ0n) is 11.5. The molecule has 0 radical (unpaired) electrons. The summed E-state index contributed by atoms with van der Waals surface area (Å²) in [6.45, 7) is 5.40. The summed E-state index contributed by atoms with van der Waals surface area (Å²) in [5.41, 5.74) is 1.75. The van der Waals surface area contributed by atoms with Gasteiger partial charge in [0, 0.05) is 26.1 Å². The quantitative estimate of drug-likeness (QED) is 0.897. The molecule has 1 fully saturated rings. The number of anilines is 1. The van der Waals surface area contributed by atoms with Crippen LogP contribution >= 0.6 is 11.6 Å². The maximum Gasteiger partial charge on any atom is 0.222 e. The molecule has 0 aromatic carbocycles. The summed E-state index contributed by atoms with van der Waals surface area (Å²) >= 11 is 6.17. The molecule has 19 heavy (non-hydrogen) atoms. The van der Waals surface area contributed by atoms with Crippen LogP contribution in [0.15, 0.2) is 0 Å². The molecule has 0 spiro atoms. The minimum absolute atomic E-state index is 0.0968. The molecule has 1 N–H and O–H groups in total. The van der Waals surface area contributed by atoms with E-state index in [0.29, 0.717) is 5.15 Å². The Morgan fingerprint density at radius 1 is 1.26 bits per heavy atom. The Bertz CT molecular complexity index is 484. The van der Waals surface area contributed by atoms with Crippen LogP contribution in [-0.4, -0.2) is 36.0 Å². The number of aryl methyl sites for hydroxylation is 2. The van der Waals surface area contributed by atoms with E-state index in [1.54, 1.807) is 7.05 Å². The third-order valence-electron chi connectivity index (χ3n) is 3.66. The van der Waals surface area contributed by atoms with Gasteiger partial charge in [-0.1, -0.05) is 11.6 Å². The second-order valence-corrected chi connectivity index (χ2v) is 5.24. The topological polar surface area (TPSA) is 58.1 Å². The van der Waals surface area contributed by atoms with E-state index >= 15 is 0 Å². The standard InChI is InChI=1S/C13H19ClN4O/c1-8-9(2)17-12(11(14)16-8)18-6-4-10(5-7-18)13(19)15-3/h10H,4-7H2,1-3H3,(H,15,19). The van der Waals surface area contributed by atoms with Crippen LogP contribution in [0.25, 0.3) is 0 Å². The Morgan fingerprint density at radius 2 is 1.84 bits per heavy atom. The number of piperidine rings is 1. The number of aromatic nitrogens is 2. The average molecular weight is 283 g/mol. The van der Waals surface area contributed by atoms with Crippen LogP contribution in [-0.2, 0) is 4.79 Å². The van der Waals surface area contributed by atoms with Gasteiger partial charge in [0.2, 0.25) is 5.91 Å². The molecule has 2 rings (SSSR count). The lowest BCUT2D eigenvalue weighted by Gasteiger charge is -2.32. The van der Waals surface area contributed by atoms with E-state index in [4.69, 9.17) is 11.6 Å². The van der Waals surface area contributed by atoms with Gasteiger partial charge in [-0.15, -0.1) is 0 Å². The first kappa shape index (κ1) is 14.1. The van der Waals surface area contributed by atoms with Crippen molar-refractivity contribution in [3.8, 4) is 0 Å². The molecule has 2 heterocycles. The Kier molecular flexibility index (Phi) is 4.24. The van der Waals surface area contributed by atoms with Crippen molar-refractivity contribution in [1.29, 1.82) is 0 Å². The first-order valence-electron chi connectivity index (χ1n) is 6.50. The summed E-state index contributed by atoms with van der Waals surface area (Å²) < 4.78 is 0. The largest absolute Gasteiger partial charge is 0.359 e. The molecule has 6 heteroatoms. The van der Waals surface area contributed by atoms with E-state index in [1.165, 1.54) is 0 Å². The van der Waals surface area contributed by atoms with E-state index in [0.717, 1.165) is 43.1 Å².